The van der Waals surface area contributed by atoms with Crippen molar-refractivity contribution in [3.05, 3.63) is 47.6 Å². The van der Waals surface area contributed by atoms with E-state index >= 15 is 0 Å². The lowest BCUT2D eigenvalue weighted by Gasteiger charge is -1.95. The van der Waals surface area contributed by atoms with Crippen LogP contribution in [0, 0.1) is 20.8 Å². The Bertz CT molecular complexity index is 453. The van der Waals surface area contributed by atoms with Gasteiger partial charge in [-0.25, -0.2) is 19.9 Å². The maximum Gasteiger partial charge on any atom is 0.115 e. The fourth-order valence-electron chi connectivity index (χ4n) is 1.02. The molecule has 0 radical (unpaired) electrons. The van der Waals surface area contributed by atoms with E-state index in [-0.39, 0.29) is 0 Å². The first-order valence-electron chi connectivity index (χ1n) is 5.19. The summed E-state index contributed by atoms with van der Waals surface area (Å²) < 4.78 is 0. The van der Waals surface area contributed by atoms with Gasteiger partial charge < -0.3 is 0 Å². The van der Waals surface area contributed by atoms with Crippen LogP contribution < -0.4 is 0 Å². The van der Waals surface area contributed by atoms with Gasteiger partial charge in [0.15, 0.2) is 0 Å². The van der Waals surface area contributed by atoms with E-state index in [9.17, 15) is 0 Å². The van der Waals surface area contributed by atoms with Crippen molar-refractivity contribution in [2.75, 3.05) is 0 Å². The van der Waals surface area contributed by atoms with Gasteiger partial charge in [-0.3, -0.25) is 0 Å². The number of hydrogen-bond donors (Lipinski definition) is 0. The van der Waals surface area contributed by atoms with Crippen LogP contribution in [0.3, 0.4) is 0 Å². The Hall–Kier alpha value is -1.36. The molecule has 0 aliphatic rings. The van der Waals surface area contributed by atoms with Crippen LogP contribution in [0.2, 0.25) is 0 Å². The molecule has 0 saturated heterocycles. The van der Waals surface area contributed by atoms with E-state index in [1.807, 2.05) is 33.2 Å². The van der Waals surface area contributed by atoms with E-state index in [1.165, 1.54) is 0 Å². The Labute approximate surface area is 110 Å². The molecular weight excluding hydrogens is 280 g/mol. The van der Waals surface area contributed by atoms with Crippen molar-refractivity contribution < 1.29 is 0 Å². The van der Waals surface area contributed by atoms with Crippen molar-refractivity contribution in [3.63, 3.8) is 0 Å². The van der Waals surface area contributed by atoms with Crippen LogP contribution in [0.25, 0.3) is 0 Å². The van der Waals surface area contributed by atoms with Crippen LogP contribution in [-0.2, 0) is 5.33 Å². The van der Waals surface area contributed by atoms with Gasteiger partial charge in [-0.15, -0.1) is 0 Å². The van der Waals surface area contributed by atoms with Crippen LogP contribution in [0.4, 0.5) is 0 Å². The Morgan fingerprint density at radius 1 is 0.941 bits per heavy atom. The highest BCUT2D eigenvalue weighted by Crippen LogP contribution is 2.04. The molecular formula is C12H15BrN4. The van der Waals surface area contributed by atoms with Crippen LogP contribution >= 0.6 is 15.9 Å². The molecule has 0 aromatic carbocycles. The molecule has 2 rings (SSSR count). The molecule has 17 heavy (non-hydrogen) atoms. The summed E-state index contributed by atoms with van der Waals surface area (Å²) in [6.45, 7) is 5.96. The predicted molar refractivity (Wildman–Crippen MR) is 70.9 cm³/mol. The maximum absolute atomic E-state index is 4.04. The molecule has 2 heterocycles. The largest absolute Gasteiger partial charge is 0.245 e. The lowest BCUT2D eigenvalue weighted by molar-refractivity contribution is 1.05. The van der Waals surface area contributed by atoms with Crippen LogP contribution in [0.1, 0.15) is 22.5 Å². The Kier molecular flexibility index (Phi) is 5.69. The second kappa shape index (κ2) is 7.06. The maximum atomic E-state index is 4.04. The minimum atomic E-state index is 0.807. The number of alkyl halides is 1. The SMILES string of the molecule is Cc1cncnc1C.Cc1cncnc1CBr. The zero-order valence-corrected chi connectivity index (χ0v) is 11.8. The minimum Gasteiger partial charge on any atom is -0.245 e. The molecule has 90 valence electrons. The van der Waals surface area contributed by atoms with Gasteiger partial charge in [-0.2, -0.15) is 0 Å². The van der Waals surface area contributed by atoms with Crippen molar-refractivity contribution in [1.82, 2.24) is 19.9 Å². The van der Waals surface area contributed by atoms with E-state index in [0.717, 1.165) is 27.8 Å². The van der Waals surface area contributed by atoms with E-state index in [2.05, 4.69) is 35.9 Å². The average molecular weight is 295 g/mol. The first-order valence-corrected chi connectivity index (χ1v) is 6.32. The van der Waals surface area contributed by atoms with Gasteiger partial charge >= 0.3 is 0 Å². The van der Waals surface area contributed by atoms with Crippen molar-refractivity contribution >= 4 is 15.9 Å². The third-order valence-electron chi connectivity index (χ3n) is 2.29. The summed E-state index contributed by atoms with van der Waals surface area (Å²) in [4.78, 5) is 15.7. The number of hydrogen-bond acceptors (Lipinski definition) is 4. The first-order chi connectivity index (χ1) is 8.15. The lowest BCUT2D eigenvalue weighted by Crippen LogP contribution is -1.89. The standard InChI is InChI=1S/C6H7BrN2.C6H8N2/c1-5-3-8-4-9-6(5)2-7;1-5-3-7-4-8-6(5)2/h3-4H,2H2,1H3;3-4H,1-2H3. The predicted octanol–water partition coefficient (Wildman–Crippen LogP) is 2.77. The molecule has 2 aromatic heterocycles. The van der Waals surface area contributed by atoms with Gasteiger partial charge in [0.05, 0.1) is 5.69 Å². The second-order valence-electron chi connectivity index (χ2n) is 3.58. The zero-order valence-electron chi connectivity index (χ0n) is 10.2. The highest BCUT2D eigenvalue weighted by molar-refractivity contribution is 9.08. The summed E-state index contributed by atoms with van der Waals surface area (Å²) in [7, 11) is 0. The monoisotopic (exact) mass is 294 g/mol. The Balaban J connectivity index is 0.000000171. The molecule has 0 atom stereocenters. The third-order valence-corrected chi connectivity index (χ3v) is 2.82. The Morgan fingerprint density at radius 2 is 1.53 bits per heavy atom. The quantitative estimate of drug-likeness (QED) is 0.759. The van der Waals surface area contributed by atoms with E-state index in [4.69, 9.17) is 0 Å². The summed E-state index contributed by atoms with van der Waals surface area (Å²) in [5.41, 5.74) is 4.40. The van der Waals surface area contributed by atoms with E-state index < -0.39 is 0 Å². The summed E-state index contributed by atoms with van der Waals surface area (Å²) in [6, 6.07) is 0. The van der Waals surface area contributed by atoms with Crippen molar-refractivity contribution in [2.45, 2.75) is 26.1 Å². The highest BCUT2D eigenvalue weighted by Gasteiger charge is 1.93. The minimum absolute atomic E-state index is 0.807. The summed E-state index contributed by atoms with van der Waals surface area (Å²) in [5.74, 6) is 0. The van der Waals surface area contributed by atoms with Crippen LogP contribution in [-0.4, -0.2) is 19.9 Å². The average Bonchev–Trinajstić information content (AvgIpc) is 2.34. The summed E-state index contributed by atoms with van der Waals surface area (Å²) in [6.07, 6.45) is 6.73. The fourth-order valence-corrected chi connectivity index (χ4v) is 1.61. The van der Waals surface area contributed by atoms with Gasteiger partial charge in [0.2, 0.25) is 0 Å². The normalized spacial score (nSPS) is 9.41. The zero-order chi connectivity index (χ0) is 12.7. The summed E-state index contributed by atoms with van der Waals surface area (Å²) in [5, 5.41) is 0.807. The molecule has 0 unspecified atom stereocenters. The molecule has 4 nitrogen and oxygen atoms in total. The number of nitrogens with zero attached hydrogens (tertiary/aromatic N) is 4. The molecule has 0 N–H and O–H groups in total. The second-order valence-corrected chi connectivity index (χ2v) is 4.14. The molecule has 0 saturated carbocycles. The van der Waals surface area contributed by atoms with Crippen molar-refractivity contribution in [3.8, 4) is 0 Å². The van der Waals surface area contributed by atoms with Gasteiger partial charge in [-0.05, 0) is 31.9 Å². The van der Waals surface area contributed by atoms with E-state index in [1.54, 1.807) is 12.7 Å². The van der Waals surface area contributed by atoms with Crippen molar-refractivity contribution in [1.29, 1.82) is 0 Å². The number of halogens is 1. The molecule has 2 aromatic rings. The molecule has 5 heteroatoms. The number of aryl methyl sites for hydroxylation is 3. The lowest BCUT2D eigenvalue weighted by atomic mass is 10.3. The molecule has 0 aliphatic carbocycles. The number of aromatic nitrogens is 4. The van der Waals surface area contributed by atoms with Gasteiger partial charge in [0.1, 0.15) is 12.7 Å². The van der Waals surface area contributed by atoms with E-state index in [0.29, 0.717) is 0 Å². The van der Waals surface area contributed by atoms with Gasteiger partial charge in [0.25, 0.3) is 0 Å². The Morgan fingerprint density at radius 3 is 1.88 bits per heavy atom. The van der Waals surface area contributed by atoms with Crippen LogP contribution in [0.15, 0.2) is 25.0 Å². The number of rotatable bonds is 1. The molecule has 0 aliphatic heterocycles. The fraction of sp³-hybridized carbons (Fsp3) is 0.333. The van der Waals surface area contributed by atoms with Gasteiger partial charge in [0, 0.05) is 23.4 Å². The topological polar surface area (TPSA) is 51.6 Å². The smallest absolute Gasteiger partial charge is 0.115 e. The first kappa shape index (κ1) is 13.7. The van der Waals surface area contributed by atoms with Gasteiger partial charge in [-0.1, -0.05) is 15.9 Å². The molecule has 0 amide bonds. The molecule has 0 bridgehead atoms. The molecule has 0 fully saturated rings. The highest BCUT2D eigenvalue weighted by atomic mass is 79.9. The molecule has 0 spiro atoms. The van der Waals surface area contributed by atoms with Crippen LogP contribution in [0.5, 0.6) is 0 Å². The summed E-state index contributed by atoms with van der Waals surface area (Å²) >= 11 is 3.32. The third kappa shape index (κ3) is 4.56. The van der Waals surface area contributed by atoms with Crippen molar-refractivity contribution in [2.24, 2.45) is 0 Å².